The maximum atomic E-state index is 11.9. The van der Waals surface area contributed by atoms with Gasteiger partial charge in [-0.05, 0) is 24.8 Å². The molecule has 2 unspecified atom stereocenters. The Morgan fingerprint density at radius 3 is 2.65 bits per heavy atom. The maximum Gasteiger partial charge on any atom is 0.224 e. The summed E-state index contributed by atoms with van der Waals surface area (Å²) in [6, 6.07) is 0. The molecular formula is C14H26N2O. The third-order valence-corrected chi connectivity index (χ3v) is 4.43. The number of carbonyl (C=O) groups is 1. The van der Waals surface area contributed by atoms with Crippen molar-refractivity contribution >= 4 is 5.91 Å². The third kappa shape index (κ3) is 3.70. The summed E-state index contributed by atoms with van der Waals surface area (Å²) < 4.78 is 0. The highest BCUT2D eigenvalue weighted by molar-refractivity contribution is 5.79. The summed E-state index contributed by atoms with van der Waals surface area (Å²) in [4.78, 5) is 11.9. The molecule has 2 atom stereocenters. The van der Waals surface area contributed by atoms with Gasteiger partial charge < -0.3 is 10.6 Å². The largest absolute Gasteiger partial charge is 0.356 e. The molecule has 1 amide bonds. The molecule has 98 valence electrons. The van der Waals surface area contributed by atoms with Gasteiger partial charge in [-0.1, -0.05) is 39.0 Å². The van der Waals surface area contributed by atoms with Gasteiger partial charge in [-0.3, -0.25) is 4.79 Å². The van der Waals surface area contributed by atoms with E-state index in [-0.39, 0.29) is 11.8 Å². The molecule has 1 saturated carbocycles. The Kier molecular flexibility index (Phi) is 4.84. The minimum Gasteiger partial charge on any atom is -0.356 e. The standard InChI is InChI=1S/C14H26N2O/c1-11-9-15-10-13(11)14(17)16-8-7-12-5-3-2-4-6-12/h11-13,15H,2-10H2,1H3,(H,16,17). The van der Waals surface area contributed by atoms with Gasteiger partial charge in [-0.25, -0.2) is 0 Å². The van der Waals surface area contributed by atoms with E-state index < -0.39 is 0 Å². The van der Waals surface area contributed by atoms with Crippen LogP contribution in [0.3, 0.4) is 0 Å². The lowest BCUT2D eigenvalue weighted by Crippen LogP contribution is -2.35. The molecule has 1 saturated heterocycles. The second kappa shape index (κ2) is 6.39. The summed E-state index contributed by atoms with van der Waals surface area (Å²) in [7, 11) is 0. The zero-order chi connectivity index (χ0) is 12.1. The molecule has 2 N–H and O–H groups in total. The van der Waals surface area contributed by atoms with Gasteiger partial charge in [0, 0.05) is 13.1 Å². The lowest BCUT2D eigenvalue weighted by atomic mass is 9.87. The summed E-state index contributed by atoms with van der Waals surface area (Å²) in [6.45, 7) is 4.88. The van der Waals surface area contributed by atoms with Crippen LogP contribution in [0.15, 0.2) is 0 Å². The van der Waals surface area contributed by atoms with E-state index in [1.807, 2.05) is 0 Å². The van der Waals surface area contributed by atoms with Crippen molar-refractivity contribution in [3.8, 4) is 0 Å². The first kappa shape index (κ1) is 12.9. The molecule has 1 aliphatic heterocycles. The number of hydrogen-bond acceptors (Lipinski definition) is 2. The molecule has 0 bridgehead atoms. The SMILES string of the molecule is CC1CNCC1C(=O)NCCC1CCCCC1. The zero-order valence-corrected chi connectivity index (χ0v) is 11.0. The van der Waals surface area contributed by atoms with Gasteiger partial charge in [-0.2, -0.15) is 0 Å². The highest BCUT2D eigenvalue weighted by Crippen LogP contribution is 2.25. The van der Waals surface area contributed by atoms with Gasteiger partial charge in [0.15, 0.2) is 0 Å². The summed E-state index contributed by atoms with van der Waals surface area (Å²) in [5.74, 6) is 1.81. The molecule has 1 aliphatic carbocycles. The van der Waals surface area contributed by atoms with Gasteiger partial charge in [-0.15, -0.1) is 0 Å². The lowest BCUT2D eigenvalue weighted by molar-refractivity contribution is -0.125. The second-order valence-corrected chi connectivity index (χ2v) is 5.83. The smallest absolute Gasteiger partial charge is 0.224 e. The Balaban J connectivity index is 1.62. The molecule has 0 spiro atoms. The van der Waals surface area contributed by atoms with E-state index >= 15 is 0 Å². The number of hydrogen-bond donors (Lipinski definition) is 2. The van der Waals surface area contributed by atoms with Crippen LogP contribution in [0, 0.1) is 17.8 Å². The van der Waals surface area contributed by atoms with E-state index in [9.17, 15) is 4.79 Å². The minimum absolute atomic E-state index is 0.196. The third-order valence-electron chi connectivity index (χ3n) is 4.43. The van der Waals surface area contributed by atoms with Crippen LogP contribution in [0.2, 0.25) is 0 Å². The first-order chi connectivity index (χ1) is 8.27. The molecule has 3 heteroatoms. The van der Waals surface area contributed by atoms with Crippen LogP contribution in [0.25, 0.3) is 0 Å². The molecule has 2 rings (SSSR count). The summed E-state index contributed by atoms with van der Waals surface area (Å²) >= 11 is 0. The molecule has 0 radical (unpaired) electrons. The first-order valence-electron chi connectivity index (χ1n) is 7.26. The monoisotopic (exact) mass is 238 g/mol. The minimum atomic E-state index is 0.196. The molecular weight excluding hydrogens is 212 g/mol. The lowest BCUT2D eigenvalue weighted by Gasteiger charge is -2.22. The second-order valence-electron chi connectivity index (χ2n) is 5.83. The average molecular weight is 238 g/mol. The molecule has 2 aliphatic rings. The van der Waals surface area contributed by atoms with Crippen LogP contribution in [0.5, 0.6) is 0 Å². The van der Waals surface area contributed by atoms with Crippen molar-refractivity contribution in [2.75, 3.05) is 19.6 Å². The van der Waals surface area contributed by atoms with Crippen LogP contribution >= 0.6 is 0 Å². The quantitative estimate of drug-likeness (QED) is 0.786. The van der Waals surface area contributed by atoms with Crippen molar-refractivity contribution in [1.29, 1.82) is 0 Å². The Bertz CT molecular complexity index is 249. The number of amides is 1. The van der Waals surface area contributed by atoms with E-state index in [0.29, 0.717) is 5.92 Å². The summed E-state index contributed by atoms with van der Waals surface area (Å²) in [5.41, 5.74) is 0. The number of nitrogens with one attached hydrogen (secondary N) is 2. The van der Waals surface area contributed by atoms with Gasteiger partial charge in [0.25, 0.3) is 0 Å². The maximum absolute atomic E-state index is 11.9. The first-order valence-corrected chi connectivity index (χ1v) is 7.26. The van der Waals surface area contributed by atoms with Gasteiger partial charge in [0.2, 0.25) is 5.91 Å². The molecule has 3 nitrogen and oxygen atoms in total. The molecule has 0 aromatic carbocycles. The van der Waals surface area contributed by atoms with Crippen LogP contribution in [-0.4, -0.2) is 25.5 Å². The Hall–Kier alpha value is -0.570. The predicted octanol–water partition coefficient (Wildman–Crippen LogP) is 1.93. The van der Waals surface area contributed by atoms with Gasteiger partial charge in [0.05, 0.1) is 5.92 Å². The van der Waals surface area contributed by atoms with Crippen LogP contribution in [0.4, 0.5) is 0 Å². The van der Waals surface area contributed by atoms with Crippen LogP contribution in [0.1, 0.15) is 45.4 Å². The number of rotatable bonds is 4. The van der Waals surface area contributed by atoms with Crippen molar-refractivity contribution < 1.29 is 4.79 Å². The number of carbonyl (C=O) groups excluding carboxylic acids is 1. The fourth-order valence-corrected chi connectivity index (χ4v) is 3.17. The van der Waals surface area contributed by atoms with Crippen LogP contribution < -0.4 is 10.6 Å². The van der Waals surface area contributed by atoms with Crippen molar-refractivity contribution in [3.05, 3.63) is 0 Å². The van der Waals surface area contributed by atoms with E-state index in [4.69, 9.17) is 0 Å². The molecule has 2 fully saturated rings. The van der Waals surface area contributed by atoms with E-state index in [0.717, 1.165) is 25.6 Å². The molecule has 1 heterocycles. The Morgan fingerprint density at radius 2 is 2.00 bits per heavy atom. The van der Waals surface area contributed by atoms with Crippen molar-refractivity contribution in [3.63, 3.8) is 0 Å². The normalized spacial score (nSPS) is 30.4. The van der Waals surface area contributed by atoms with E-state index in [1.165, 1.54) is 38.5 Å². The fraction of sp³-hybridized carbons (Fsp3) is 0.929. The zero-order valence-electron chi connectivity index (χ0n) is 11.0. The molecule has 0 aromatic heterocycles. The predicted molar refractivity (Wildman–Crippen MR) is 69.7 cm³/mol. The Morgan fingerprint density at radius 1 is 1.24 bits per heavy atom. The van der Waals surface area contributed by atoms with Crippen LogP contribution in [-0.2, 0) is 4.79 Å². The van der Waals surface area contributed by atoms with Gasteiger partial charge in [0.1, 0.15) is 0 Å². The molecule has 17 heavy (non-hydrogen) atoms. The highest BCUT2D eigenvalue weighted by Gasteiger charge is 2.29. The topological polar surface area (TPSA) is 41.1 Å². The average Bonchev–Trinajstić information content (AvgIpc) is 2.77. The van der Waals surface area contributed by atoms with E-state index in [1.54, 1.807) is 0 Å². The summed E-state index contributed by atoms with van der Waals surface area (Å²) in [5, 5.41) is 6.41. The van der Waals surface area contributed by atoms with Gasteiger partial charge >= 0.3 is 0 Å². The fourth-order valence-electron chi connectivity index (χ4n) is 3.17. The molecule has 0 aromatic rings. The van der Waals surface area contributed by atoms with E-state index in [2.05, 4.69) is 17.6 Å². The van der Waals surface area contributed by atoms with Crippen molar-refractivity contribution in [2.45, 2.75) is 45.4 Å². The highest BCUT2D eigenvalue weighted by atomic mass is 16.1. The van der Waals surface area contributed by atoms with Crippen molar-refractivity contribution in [2.24, 2.45) is 17.8 Å². The Labute approximate surface area is 105 Å². The summed E-state index contributed by atoms with van der Waals surface area (Å²) in [6.07, 6.45) is 8.12. The van der Waals surface area contributed by atoms with Crippen molar-refractivity contribution in [1.82, 2.24) is 10.6 Å².